The summed E-state index contributed by atoms with van der Waals surface area (Å²) in [5, 5.41) is 13.0. The lowest BCUT2D eigenvalue weighted by atomic mass is 9.79. The Labute approximate surface area is 207 Å². The average molecular weight is 491 g/mol. The van der Waals surface area contributed by atoms with Gasteiger partial charge in [-0.3, -0.25) is 4.57 Å². The topological polar surface area (TPSA) is 67.8 Å². The average Bonchev–Trinajstić information content (AvgIpc) is 2.76. The van der Waals surface area contributed by atoms with Gasteiger partial charge >= 0.3 is 7.60 Å². The molecule has 0 spiro atoms. The van der Waals surface area contributed by atoms with E-state index in [2.05, 4.69) is 60.7 Å². The van der Waals surface area contributed by atoms with Crippen LogP contribution in [0.4, 0.5) is 5.69 Å². The monoisotopic (exact) mass is 490 g/mol. The van der Waals surface area contributed by atoms with Crippen molar-refractivity contribution < 1.29 is 18.7 Å². The highest BCUT2D eigenvalue weighted by Crippen LogP contribution is 2.48. The zero-order valence-corrected chi connectivity index (χ0v) is 23.5. The Kier molecular flexibility index (Phi) is 11.3. The number of hydrogen-bond acceptors (Lipinski definition) is 5. The van der Waals surface area contributed by atoms with E-state index in [1.807, 2.05) is 24.3 Å². The van der Waals surface area contributed by atoms with Crippen LogP contribution in [0, 0.1) is 6.92 Å². The molecule has 0 amide bonds. The van der Waals surface area contributed by atoms with Gasteiger partial charge in [0.1, 0.15) is 5.75 Å². The van der Waals surface area contributed by atoms with Crippen LogP contribution in [0.1, 0.15) is 84.4 Å². The summed E-state index contributed by atoms with van der Waals surface area (Å²) in [6.45, 7) is 20.0. The number of nitrogens with one attached hydrogen (secondary N) is 1. The lowest BCUT2D eigenvalue weighted by molar-refractivity contribution is 0.286. The number of aromatic hydroxyl groups is 1. The molecule has 0 unspecified atom stereocenters. The molecule has 1 radical (unpaired) electrons. The quantitative estimate of drug-likeness (QED) is 0.227. The maximum atomic E-state index is 12.9. The number of unbranched alkanes of at least 4 members (excludes halogenated alkanes) is 2. The highest BCUT2D eigenvalue weighted by Gasteiger charge is 2.34. The molecule has 6 heteroatoms. The van der Waals surface area contributed by atoms with Crippen LogP contribution in [0.5, 0.6) is 5.75 Å². The summed E-state index contributed by atoms with van der Waals surface area (Å²) < 4.78 is 23.4. The Bertz CT molecular complexity index is 933. The summed E-state index contributed by atoms with van der Waals surface area (Å²) in [5.41, 5.74) is 3.77. The van der Waals surface area contributed by atoms with Crippen molar-refractivity contribution in [3.05, 3.63) is 60.0 Å². The molecular weight excluding hydrogens is 445 g/mol. The molecule has 0 atom stereocenters. The van der Waals surface area contributed by atoms with Crippen LogP contribution >= 0.6 is 7.60 Å². The maximum Gasteiger partial charge on any atom is 0.361 e. The van der Waals surface area contributed by atoms with Gasteiger partial charge in [-0.1, -0.05) is 67.4 Å². The molecule has 0 heterocycles. The Morgan fingerprint density at radius 2 is 1.44 bits per heavy atom. The zero-order chi connectivity index (χ0) is 26.2. The minimum Gasteiger partial charge on any atom is -0.508 e. The molecule has 0 aromatic heterocycles. The summed E-state index contributed by atoms with van der Waals surface area (Å²) in [5.74, 6) is 0.319. The lowest BCUT2D eigenvalue weighted by Gasteiger charge is -2.30. The van der Waals surface area contributed by atoms with E-state index in [0.29, 0.717) is 11.1 Å². The van der Waals surface area contributed by atoms with Crippen LogP contribution in [0.25, 0.3) is 0 Å². The third-order valence-electron chi connectivity index (χ3n) is 5.59. The molecule has 34 heavy (non-hydrogen) atoms. The van der Waals surface area contributed by atoms with E-state index >= 15 is 0 Å². The maximum absolute atomic E-state index is 12.9. The highest BCUT2D eigenvalue weighted by atomic mass is 31.2. The first-order valence-electron chi connectivity index (χ1n) is 12.0. The number of phenolic OH excluding ortho intramolecular Hbond substituents is 1. The Morgan fingerprint density at radius 3 is 1.88 bits per heavy atom. The fourth-order valence-corrected chi connectivity index (χ4v) is 5.14. The molecule has 0 bridgehead atoms. The smallest absolute Gasteiger partial charge is 0.361 e. The van der Waals surface area contributed by atoms with Crippen molar-refractivity contribution in [1.82, 2.24) is 0 Å². The van der Waals surface area contributed by atoms with Crippen molar-refractivity contribution in [3.63, 3.8) is 0 Å². The number of hydrogen-bond donors (Lipinski definition) is 2. The lowest BCUT2D eigenvalue weighted by Crippen LogP contribution is -2.27. The van der Waals surface area contributed by atoms with Crippen LogP contribution in [-0.2, 0) is 24.4 Å². The van der Waals surface area contributed by atoms with Crippen molar-refractivity contribution in [2.75, 3.05) is 26.1 Å². The third kappa shape index (κ3) is 8.76. The van der Waals surface area contributed by atoms with Gasteiger partial charge in [0.05, 0.1) is 5.30 Å². The second-order valence-electron chi connectivity index (χ2n) is 10.6. The van der Waals surface area contributed by atoms with Crippen LogP contribution in [0.3, 0.4) is 0 Å². The van der Waals surface area contributed by atoms with Crippen LogP contribution in [0.2, 0.25) is 0 Å². The van der Waals surface area contributed by atoms with Crippen molar-refractivity contribution in [1.29, 1.82) is 0 Å². The minimum absolute atomic E-state index is 0.0887. The van der Waals surface area contributed by atoms with E-state index in [4.69, 9.17) is 14.2 Å². The van der Waals surface area contributed by atoms with E-state index in [1.165, 1.54) is 33.5 Å². The molecule has 0 saturated heterocycles. The van der Waals surface area contributed by atoms with Crippen molar-refractivity contribution in [3.8, 4) is 5.75 Å². The molecular formula is C28H45NO4P. The second kappa shape index (κ2) is 12.8. The first kappa shape index (κ1) is 30.2. The van der Waals surface area contributed by atoms with Gasteiger partial charge in [-0.25, -0.2) is 0 Å². The number of benzene rings is 2. The van der Waals surface area contributed by atoms with Gasteiger partial charge in [-0.05, 0) is 71.2 Å². The van der Waals surface area contributed by atoms with Crippen molar-refractivity contribution in [2.45, 2.75) is 78.6 Å². The predicted molar refractivity (Wildman–Crippen MR) is 146 cm³/mol. The number of rotatable bonds is 8. The fraction of sp³-hybridized carbons (Fsp3) is 0.536. The summed E-state index contributed by atoms with van der Waals surface area (Å²) in [6, 6.07) is 11.1. The van der Waals surface area contributed by atoms with E-state index in [-0.39, 0.29) is 10.8 Å². The predicted octanol–water partition coefficient (Wildman–Crippen LogP) is 7.57. The van der Waals surface area contributed by atoms with E-state index in [9.17, 15) is 4.57 Å². The van der Waals surface area contributed by atoms with Gasteiger partial charge in [0.25, 0.3) is 0 Å². The van der Waals surface area contributed by atoms with Gasteiger partial charge in [-0.2, -0.15) is 0 Å². The van der Waals surface area contributed by atoms with Crippen LogP contribution in [-0.4, -0.2) is 25.9 Å². The van der Waals surface area contributed by atoms with Crippen LogP contribution in [0.15, 0.2) is 36.4 Å². The zero-order valence-electron chi connectivity index (χ0n) is 22.6. The van der Waals surface area contributed by atoms with E-state index in [0.717, 1.165) is 28.9 Å². The van der Waals surface area contributed by atoms with Gasteiger partial charge in [0.15, 0.2) is 0 Å². The largest absolute Gasteiger partial charge is 0.508 e. The standard InChI is InChI=1S/C17H28O3P.C11H17NO/c1-12-10-14(17(5,6)7)15(21(18,19-8)20-9)11-13(12)16(2,3)4;1-2-3-4-9-12-10-5-7-11(13)8-6-10/h10-11H,1H2,2-9H3;5-8,12-13H,2-4,9H2,1H3. The molecule has 2 aromatic carbocycles. The summed E-state index contributed by atoms with van der Waals surface area (Å²) in [6.07, 6.45) is 3.72. The Balaban J connectivity index is 0.000000380. The molecule has 5 nitrogen and oxygen atoms in total. The molecule has 191 valence electrons. The summed E-state index contributed by atoms with van der Waals surface area (Å²) in [4.78, 5) is 0. The van der Waals surface area contributed by atoms with Gasteiger partial charge < -0.3 is 19.5 Å². The van der Waals surface area contributed by atoms with E-state index in [1.54, 1.807) is 12.1 Å². The molecule has 2 aromatic rings. The second-order valence-corrected chi connectivity index (χ2v) is 12.8. The van der Waals surface area contributed by atoms with Gasteiger partial charge in [-0.15, -0.1) is 0 Å². The van der Waals surface area contributed by atoms with E-state index < -0.39 is 7.60 Å². The third-order valence-corrected chi connectivity index (χ3v) is 7.51. The fourth-order valence-electron chi connectivity index (χ4n) is 3.62. The van der Waals surface area contributed by atoms with Gasteiger partial charge in [0.2, 0.25) is 0 Å². The molecule has 2 N–H and O–H groups in total. The van der Waals surface area contributed by atoms with Gasteiger partial charge in [0, 0.05) is 26.5 Å². The van der Waals surface area contributed by atoms with Crippen LogP contribution < -0.4 is 10.6 Å². The highest BCUT2D eigenvalue weighted by molar-refractivity contribution is 7.62. The van der Waals surface area contributed by atoms with Crippen molar-refractivity contribution >= 4 is 18.6 Å². The summed E-state index contributed by atoms with van der Waals surface area (Å²) >= 11 is 0. The molecule has 0 fully saturated rings. The first-order valence-corrected chi connectivity index (χ1v) is 13.5. The molecule has 0 aliphatic heterocycles. The van der Waals surface area contributed by atoms with Crippen molar-refractivity contribution in [2.24, 2.45) is 0 Å². The summed E-state index contributed by atoms with van der Waals surface area (Å²) in [7, 11) is -0.467. The number of phenols is 1. The molecule has 0 aliphatic carbocycles. The molecule has 2 rings (SSSR count). The number of anilines is 1. The Hall–Kier alpha value is -1.81. The first-order chi connectivity index (χ1) is 15.7. The molecule has 0 saturated carbocycles. The molecule has 0 aliphatic rings. The minimum atomic E-state index is -3.31. The SMILES string of the molecule is CCCCCNc1ccc(O)cc1.[CH2]c1cc(C(C)(C)C)c(P(=O)(OC)OC)cc1C(C)(C)C. The normalized spacial score (nSPS) is 12.2. The Morgan fingerprint density at radius 1 is 0.912 bits per heavy atom.